The van der Waals surface area contributed by atoms with Crippen molar-refractivity contribution >= 4 is 18.3 Å². The minimum absolute atomic E-state index is 0.118. The second kappa shape index (κ2) is 12.1. The van der Waals surface area contributed by atoms with Gasteiger partial charge < -0.3 is 19.3 Å². The Bertz CT molecular complexity index is 1760. The lowest BCUT2D eigenvalue weighted by molar-refractivity contribution is 0.108. The van der Waals surface area contributed by atoms with Crippen molar-refractivity contribution in [1.29, 1.82) is 0 Å². The molecule has 0 unspecified atom stereocenters. The molecule has 9 heteroatoms. The summed E-state index contributed by atoms with van der Waals surface area (Å²) in [6.07, 6.45) is 4.88. The van der Waals surface area contributed by atoms with E-state index in [1.54, 1.807) is 31.3 Å². The molecule has 0 saturated heterocycles. The second-order valence-electron chi connectivity index (χ2n) is 11.4. The van der Waals surface area contributed by atoms with Gasteiger partial charge in [-0.25, -0.2) is 4.98 Å². The number of hydrogen-bond acceptors (Lipinski definition) is 9. The summed E-state index contributed by atoms with van der Waals surface area (Å²) in [5.74, 6) is 3.00. The number of ether oxygens (including phenoxy) is 2. The lowest BCUT2D eigenvalue weighted by atomic mass is 9.78. The molecule has 2 heterocycles. The number of aryl methyl sites for hydroxylation is 1. The predicted molar refractivity (Wildman–Crippen MR) is 166 cm³/mol. The van der Waals surface area contributed by atoms with E-state index >= 15 is 0 Å². The topological polar surface area (TPSA) is 116 Å². The highest BCUT2D eigenvalue weighted by molar-refractivity contribution is 5.91. The van der Waals surface area contributed by atoms with Gasteiger partial charge in [-0.1, -0.05) is 43.3 Å². The van der Waals surface area contributed by atoms with Crippen LogP contribution in [0.1, 0.15) is 64.4 Å². The Morgan fingerprint density at radius 2 is 1.55 bits per heavy atom. The summed E-state index contributed by atoms with van der Waals surface area (Å²) in [5, 5.41) is 7.33. The largest absolute Gasteiger partial charge is 0.490 e. The number of carbonyl (C=O) groups excluding carboxylic acids is 2. The van der Waals surface area contributed by atoms with Crippen LogP contribution in [0.15, 0.2) is 89.6 Å². The molecule has 2 aromatic heterocycles. The maximum absolute atomic E-state index is 11.2. The molecule has 0 amide bonds. The summed E-state index contributed by atoms with van der Waals surface area (Å²) >= 11 is 0. The molecule has 0 aliphatic heterocycles. The number of hydrogen-bond donors (Lipinski definition) is 1. The van der Waals surface area contributed by atoms with Crippen molar-refractivity contribution in [3.63, 3.8) is 0 Å². The Balaban J connectivity index is 1.02. The van der Waals surface area contributed by atoms with Gasteiger partial charge in [0.2, 0.25) is 17.6 Å². The summed E-state index contributed by atoms with van der Waals surface area (Å²) in [6, 6.07) is 25.4. The molecule has 44 heavy (non-hydrogen) atoms. The molecule has 1 aliphatic carbocycles. The zero-order chi connectivity index (χ0) is 30.7. The van der Waals surface area contributed by atoms with E-state index in [0.717, 1.165) is 35.4 Å². The van der Waals surface area contributed by atoms with Gasteiger partial charge in [0.05, 0.1) is 0 Å². The number of benzene rings is 3. The van der Waals surface area contributed by atoms with Crippen molar-refractivity contribution in [2.75, 3.05) is 5.32 Å². The quantitative estimate of drug-likeness (QED) is 0.160. The highest BCUT2D eigenvalue weighted by Gasteiger charge is 2.31. The maximum Gasteiger partial charge on any atom is 0.223 e. The Morgan fingerprint density at radius 3 is 2.14 bits per heavy atom. The Morgan fingerprint density at radius 1 is 0.864 bits per heavy atom. The van der Waals surface area contributed by atoms with Crippen LogP contribution in [-0.2, 0) is 5.41 Å². The molecule has 3 aromatic carbocycles. The number of nitrogens with zero attached hydrogens (tertiary/aromatic N) is 3. The highest BCUT2D eigenvalue weighted by atomic mass is 16.5. The van der Waals surface area contributed by atoms with E-state index in [1.165, 1.54) is 5.56 Å². The van der Waals surface area contributed by atoms with Gasteiger partial charge in [-0.05, 0) is 59.7 Å². The molecule has 0 atom stereocenters. The molecule has 1 aliphatic rings. The van der Waals surface area contributed by atoms with Crippen molar-refractivity contribution in [2.24, 2.45) is 0 Å². The van der Waals surface area contributed by atoms with Crippen LogP contribution in [0.4, 0.5) is 5.69 Å². The van der Waals surface area contributed by atoms with E-state index < -0.39 is 0 Å². The van der Waals surface area contributed by atoms with Gasteiger partial charge in [-0.15, -0.1) is 0 Å². The highest BCUT2D eigenvalue weighted by Crippen LogP contribution is 2.35. The number of aldehydes is 2. The maximum atomic E-state index is 11.2. The fraction of sp³-hybridized carbons (Fsp3) is 0.229. The van der Waals surface area contributed by atoms with E-state index in [0.29, 0.717) is 47.0 Å². The van der Waals surface area contributed by atoms with Gasteiger partial charge in [0.1, 0.15) is 17.6 Å². The number of carbonyl (C=O) groups is 2. The first-order valence-corrected chi connectivity index (χ1v) is 14.4. The van der Waals surface area contributed by atoms with E-state index in [2.05, 4.69) is 58.6 Å². The smallest absolute Gasteiger partial charge is 0.223 e. The third-order valence-electron chi connectivity index (χ3n) is 8.01. The van der Waals surface area contributed by atoms with Gasteiger partial charge in [-0.3, -0.25) is 9.59 Å². The number of pyridine rings is 1. The molecule has 1 saturated carbocycles. The van der Waals surface area contributed by atoms with Gasteiger partial charge in [-0.2, -0.15) is 4.98 Å². The molecule has 0 spiro atoms. The van der Waals surface area contributed by atoms with Crippen LogP contribution < -0.4 is 14.8 Å². The molecular formula is C35H32N4O5. The minimum Gasteiger partial charge on any atom is -0.490 e. The van der Waals surface area contributed by atoms with Crippen molar-refractivity contribution < 1.29 is 23.6 Å². The van der Waals surface area contributed by atoms with E-state index in [-0.39, 0.29) is 17.6 Å². The lowest BCUT2D eigenvalue weighted by Crippen LogP contribution is -2.42. The summed E-state index contributed by atoms with van der Waals surface area (Å²) in [7, 11) is 0. The molecular weight excluding hydrogens is 556 g/mol. The molecule has 222 valence electrons. The van der Waals surface area contributed by atoms with Crippen LogP contribution in [0.25, 0.3) is 11.4 Å². The second-order valence-corrected chi connectivity index (χ2v) is 11.4. The first-order valence-electron chi connectivity index (χ1n) is 14.4. The predicted octanol–water partition coefficient (Wildman–Crippen LogP) is 7.21. The van der Waals surface area contributed by atoms with Crippen molar-refractivity contribution in [3.05, 3.63) is 113 Å². The molecule has 1 N–H and O–H groups in total. The van der Waals surface area contributed by atoms with E-state index in [9.17, 15) is 9.59 Å². The molecule has 0 bridgehead atoms. The Labute approximate surface area is 255 Å². The fourth-order valence-electron chi connectivity index (χ4n) is 5.25. The van der Waals surface area contributed by atoms with E-state index in [1.807, 2.05) is 36.4 Å². The summed E-state index contributed by atoms with van der Waals surface area (Å²) in [6.45, 7) is 6.13. The first-order chi connectivity index (χ1) is 21.3. The number of aromatic nitrogens is 3. The van der Waals surface area contributed by atoms with Crippen LogP contribution in [0.2, 0.25) is 0 Å². The zero-order valence-electron chi connectivity index (χ0n) is 24.7. The van der Waals surface area contributed by atoms with Gasteiger partial charge in [0, 0.05) is 65.9 Å². The van der Waals surface area contributed by atoms with Crippen LogP contribution in [0.5, 0.6) is 17.4 Å². The number of rotatable bonds is 11. The number of nitrogens with one attached hydrogen (secondary N) is 1. The minimum atomic E-state index is -0.231. The third kappa shape index (κ3) is 6.22. The van der Waals surface area contributed by atoms with Crippen LogP contribution in [-0.4, -0.2) is 39.8 Å². The average Bonchev–Trinajstić information content (AvgIpc) is 3.47. The van der Waals surface area contributed by atoms with Crippen molar-refractivity contribution in [1.82, 2.24) is 15.1 Å². The SMILES string of the molecule is Cc1nc(-c2ccc(Oc3ccc(C(C)(C)c4ccc(O[C@H]5C[C@@H](Nc6ccc(C=O)c(C=O)c6)C5)cc4)cc3)nc2)no1. The van der Waals surface area contributed by atoms with Gasteiger partial charge in [0.15, 0.2) is 12.6 Å². The third-order valence-corrected chi connectivity index (χ3v) is 8.01. The van der Waals surface area contributed by atoms with E-state index in [4.69, 9.17) is 14.0 Å². The molecule has 5 aromatic rings. The Hall–Kier alpha value is -5.31. The molecule has 0 radical (unpaired) electrons. The first kappa shape index (κ1) is 28.8. The fourth-order valence-corrected chi connectivity index (χ4v) is 5.25. The van der Waals surface area contributed by atoms with Crippen LogP contribution in [0.3, 0.4) is 0 Å². The molecule has 9 nitrogen and oxygen atoms in total. The average molecular weight is 589 g/mol. The van der Waals surface area contributed by atoms with Crippen LogP contribution in [0, 0.1) is 6.92 Å². The normalized spacial score (nSPS) is 16.1. The number of anilines is 1. The molecule has 1 fully saturated rings. The van der Waals surface area contributed by atoms with Gasteiger partial charge >= 0.3 is 0 Å². The van der Waals surface area contributed by atoms with Crippen molar-refractivity contribution in [3.8, 4) is 28.8 Å². The summed E-state index contributed by atoms with van der Waals surface area (Å²) < 4.78 is 17.2. The zero-order valence-corrected chi connectivity index (χ0v) is 24.7. The van der Waals surface area contributed by atoms with Crippen molar-refractivity contribution in [2.45, 2.75) is 51.2 Å². The van der Waals surface area contributed by atoms with Gasteiger partial charge in [0.25, 0.3) is 0 Å². The summed E-state index contributed by atoms with van der Waals surface area (Å²) in [5.41, 5.74) is 4.46. The standard InChI is InChI=1S/C35H32N4O5/c1-22-37-34(39-44-22)23-5-15-33(36-19-23)43-31-13-8-27(9-14-31)35(2,3)26-6-11-30(12-7-26)42-32-17-29(18-32)38-28-10-4-24(20-40)25(16-28)21-41/h4-16,19-21,29,32,38H,17-18H2,1-3H3/t29-,32+. The summed E-state index contributed by atoms with van der Waals surface area (Å²) in [4.78, 5) is 30.9. The Kier molecular flexibility index (Phi) is 7.93. The monoisotopic (exact) mass is 588 g/mol. The molecule has 6 rings (SSSR count). The van der Waals surface area contributed by atoms with Crippen LogP contribution >= 0.6 is 0 Å². The lowest BCUT2D eigenvalue weighted by Gasteiger charge is -2.36.